The number of Topliss-reactive ketones (excluding diaryl/α,β-unsaturated/α-hetero) is 2. The van der Waals surface area contributed by atoms with Gasteiger partial charge in [-0.3, -0.25) is 9.59 Å². The molecular formula is C19H11ClN2O8S. The van der Waals surface area contributed by atoms with E-state index >= 15 is 0 Å². The largest absolute Gasteiger partial charge is 0.478 e. The molecule has 0 saturated carbocycles. The van der Waals surface area contributed by atoms with Crippen LogP contribution in [0.15, 0.2) is 41.4 Å². The molecule has 3 aromatic rings. The maximum Gasteiger partial charge on any atom is 0.355 e. The number of H-pyrrole nitrogens is 1. The van der Waals surface area contributed by atoms with E-state index in [0.717, 1.165) is 31.5 Å². The molecule has 2 N–H and O–H groups in total. The molecule has 0 amide bonds. The number of fused-ring (bicyclic) bond motifs is 3. The van der Waals surface area contributed by atoms with Crippen LogP contribution in [0, 0.1) is 0 Å². The Morgan fingerprint density at radius 2 is 1.77 bits per heavy atom. The summed E-state index contributed by atoms with van der Waals surface area (Å²) in [5.41, 5.74) is -2.30. The summed E-state index contributed by atoms with van der Waals surface area (Å²) in [7, 11) is -3.58. The maximum absolute atomic E-state index is 13.4. The lowest BCUT2D eigenvalue weighted by Crippen LogP contribution is -2.29. The SMILES string of the molecule is COC(=O)c1cc2c(n1S(=O)(=O)c1ccc(Cl)cc1)C(=O)C(=O)c1[nH]cc(C(=O)O)c1-2. The van der Waals surface area contributed by atoms with E-state index < -0.39 is 44.9 Å². The van der Waals surface area contributed by atoms with Crippen molar-refractivity contribution in [2.24, 2.45) is 0 Å². The standard InChI is InChI=1S/C19H11ClN2O8S/c1-30-19(27)12-6-10-13-11(18(25)26)7-21-14(13)16(23)17(24)15(10)22(12)31(28,29)9-4-2-8(20)3-5-9/h2-7,21H,1H3,(H,25,26). The summed E-state index contributed by atoms with van der Waals surface area (Å²) < 4.78 is 31.8. The maximum atomic E-state index is 13.4. The van der Waals surface area contributed by atoms with Crippen LogP contribution in [0.1, 0.15) is 41.8 Å². The van der Waals surface area contributed by atoms with Crippen LogP contribution < -0.4 is 0 Å². The van der Waals surface area contributed by atoms with Crippen molar-refractivity contribution in [1.82, 2.24) is 8.96 Å². The zero-order valence-electron chi connectivity index (χ0n) is 15.5. The van der Waals surface area contributed by atoms with E-state index in [9.17, 15) is 32.7 Å². The first-order valence-electron chi connectivity index (χ1n) is 8.48. The molecule has 0 spiro atoms. The van der Waals surface area contributed by atoms with Gasteiger partial charge < -0.3 is 14.8 Å². The van der Waals surface area contributed by atoms with Crippen LogP contribution in [0.4, 0.5) is 0 Å². The number of hydrogen-bond donors (Lipinski definition) is 2. The number of nitrogens with one attached hydrogen (secondary N) is 1. The van der Waals surface area contributed by atoms with Crippen molar-refractivity contribution in [2.75, 3.05) is 7.11 Å². The lowest BCUT2D eigenvalue weighted by molar-refractivity contribution is 0.0591. The van der Waals surface area contributed by atoms with Crippen LogP contribution in [0.5, 0.6) is 0 Å². The van der Waals surface area contributed by atoms with E-state index in [1.807, 2.05) is 0 Å². The highest BCUT2D eigenvalue weighted by Gasteiger charge is 2.42. The van der Waals surface area contributed by atoms with E-state index in [0.29, 0.717) is 3.97 Å². The highest BCUT2D eigenvalue weighted by molar-refractivity contribution is 7.90. The molecule has 1 aliphatic carbocycles. The number of rotatable bonds is 4. The molecule has 0 fully saturated rings. The number of ketones is 2. The molecule has 31 heavy (non-hydrogen) atoms. The minimum absolute atomic E-state index is 0.192. The predicted molar refractivity (Wildman–Crippen MR) is 105 cm³/mol. The second kappa shape index (κ2) is 6.93. The Kier molecular flexibility index (Phi) is 4.60. The number of aromatic amines is 1. The second-order valence-corrected chi connectivity index (χ2v) is 8.65. The Bertz CT molecular complexity index is 1410. The van der Waals surface area contributed by atoms with Gasteiger partial charge in [0.15, 0.2) is 0 Å². The van der Waals surface area contributed by atoms with Gasteiger partial charge in [0, 0.05) is 22.3 Å². The highest BCUT2D eigenvalue weighted by atomic mass is 35.5. The van der Waals surface area contributed by atoms with Crippen LogP contribution in [0.25, 0.3) is 11.1 Å². The molecule has 1 aromatic carbocycles. The lowest BCUT2D eigenvalue weighted by atomic mass is 9.91. The van der Waals surface area contributed by atoms with Crippen molar-refractivity contribution in [2.45, 2.75) is 4.90 Å². The number of methoxy groups -OCH3 is 1. The number of carbonyl (C=O) groups is 4. The van der Waals surface area contributed by atoms with Crippen molar-refractivity contribution in [3.8, 4) is 11.1 Å². The van der Waals surface area contributed by atoms with Crippen molar-refractivity contribution in [3.63, 3.8) is 0 Å². The number of aromatic carboxylic acids is 1. The number of carboxylic acid groups (broad SMARTS) is 1. The average Bonchev–Trinajstić information content (AvgIpc) is 3.34. The van der Waals surface area contributed by atoms with Crippen LogP contribution in [0.3, 0.4) is 0 Å². The predicted octanol–water partition coefficient (Wildman–Crippen LogP) is 2.24. The summed E-state index contributed by atoms with van der Waals surface area (Å²) in [5.74, 6) is -4.90. The molecule has 158 valence electrons. The first-order chi connectivity index (χ1) is 14.6. The van der Waals surface area contributed by atoms with Gasteiger partial charge in [0.25, 0.3) is 21.6 Å². The Hall–Kier alpha value is -3.70. The van der Waals surface area contributed by atoms with Crippen LogP contribution in [-0.2, 0) is 14.8 Å². The minimum Gasteiger partial charge on any atom is -0.478 e. The Morgan fingerprint density at radius 3 is 2.35 bits per heavy atom. The van der Waals surface area contributed by atoms with E-state index in [2.05, 4.69) is 9.72 Å². The van der Waals surface area contributed by atoms with Gasteiger partial charge in [0.05, 0.1) is 23.3 Å². The molecule has 0 saturated heterocycles. The molecule has 0 aliphatic heterocycles. The second-order valence-electron chi connectivity index (χ2n) is 6.42. The molecular weight excluding hydrogens is 452 g/mol. The number of halogens is 1. The summed E-state index contributed by atoms with van der Waals surface area (Å²) >= 11 is 5.81. The molecule has 0 atom stereocenters. The third kappa shape index (κ3) is 2.89. The molecule has 10 nitrogen and oxygen atoms in total. The smallest absolute Gasteiger partial charge is 0.355 e. The first-order valence-corrected chi connectivity index (χ1v) is 10.3. The number of ether oxygens (including phenoxy) is 1. The third-order valence-corrected chi connectivity index (χ3v) is 6.71. The van der Waals surface area contributed by atoms with Crippen molar-refractivity contribution >= 4 is 45.1 Å². The summed E-state index contributed by atoms with van der Waals surface area (Å²) in [4.78, 5) is 51.6. The third-order valence-electron chi connectivity index (χ3n) is 4.73. The molecule has 12 heteroatoms. The van der Waals surface area contributed by atoms with E-state index in [1.54, 1.807) is 0 Å². The van der Waals surface area contributed by atoms with Gasteiger partial charge in [0.2, 0.25) is 0 Å². The minimum atomic E-state index is -4.59. The van der Waals surface area contributed by atoms with Gasteiger partial charge in [-0.1, -0.05) is 11.6 Å². The normalized spacial score (nSPS) is 13.0. The summed E-state index contributed by atoms with van der Waals surface area (Å²) in [6.45, 7) is 0. The molecule has 1 aliphatic rings. The monoisotopic (exact) mass is 462 g/mol. The van der Waals surface area contributed by atoms with Crippen molar-refractivity contribution < 1.29 is 37.4 Å². The number of hydrogen-bond acceptors (Lipinski definition) is 7. The Balaban J connectivity index is 2.12. The molecule has 0 unspecified atom stereocenters. The molecule has 0 radical (unpaired) electrons. The first kappa shape index (κ1) is 20.6. The fraction of sp³-hybridized carbons (Fsp3) is 0.0526. The number of carboxylic acids is 1. The summed E-state index contributed by atoms with van der Waals surface area (Å²) in [6.07, 6.45) is 1.01. The molecule has 4 rings (SSSR count). The number of esters is 1. The van der Waals surface area contributed by atoms with Gasteiger partial charge in [-0.25, -0.2) is 22.0 Å². The van der Waals surface area contributed by atoms with Crippen LogP contribution in [0.2, 0.25) is 5.02 Å². The average molecular weight is 463 g/mol. The fourth-order valence-electron chi connectivity index (χ4n) is 3.38. The van der Waals surface area contributed by atoms with Crippen LogP contribution in [-0.4, -0.2) is 53.1 Å². The topological polar surface area (TPSA) is 153 Å². The lowest BCUT2D eigenvalue weighted by Gasteiger charge is -2.16. The molecule has 2 heterocycles. The fourth-order valence-corrected chi connectivity index (χ4v) is 5.00. The number of aromatic nitrogens is 2. The molecule has 0 bridgehead atoms. The van der Waals surface area contributed by atoms with E-state index in [-0.39, 0.29) is 32.3 Å². The number of carbonyl (C=O) groups excluding carboxylic acids is 3. The quantitative estimate of drug-likeness (QED) is 0.442. The van der Waals surface area contributed by atoms with Crippen molar-refractivity contribution in [1.29, 1.82) is 0 Å². The van der Waals surface area contributed by atoms with Gasteiger partial charge in [-0.05, 0) is 30.3 Å². The van der Waals surface area contributed by atoms with Gasteiger partial charge in [-0.15, -0.1) is 0 Å². The van der Waals surface area contributed by atoms with Gasteiger partial charge >= 0.3 is 11.9 Å². The Morgan fingerprint density at radius 1 is 1.13 bits per heavy atom. The van der Waals surface area contributed by atoms with E-state index in [1.165, 1.54) is 12.1 Å². The van der Waals surface area contributed by atoms with E-state index in [4.69, 9.17) is 11.6 Å². The van der Waals surface area contributed by atoms with Gasteiger partial charge in [-0.2, -0.15) is 0 Å². The zero-order chi connectivity index (χ0) is 22.7. The summed E-state index contributed by atoms with van der Waals surface area (Å²) in [6, 6.07) is 5.91. The summed E-state index contributed by atoms with van der Waals surface area (Å²) in [5, 5.41) is 9.70. The highest BCUT2D eigenvalue weighted by Crippen LogP contribution is 2.39. The number of benzene rings is 1. The molecule has 2 aromatic heterocycles. The Labute approximate surface area is 179 Å². The van der Waals surface area contributed by atoms with Crippen LogP contribution >= 0.6 is 11.6 Å². The van der Waals surface area contributed by atoms with Gasteiger partial charge in [0.1, 0.15) is 11.4 Å². The number of nitrogens with zero attached hydrogens (tertiary/aromatic N) is 1. The van der Waals surface area contributed by atoms with Crippen molar-refractivity contribution in [3.05, 3.63) is 64.2 Å². The zero-order valence-corrected chi connectivity index (χ0v) is 17.1.